The predicted molar refractivity (Wildman–Crippen MR) is 39.7 cm³/mol. The van der Waals surface area contributed by atoms with E-state index in [0.29, 0.717) is 10.9 Å². The first-order valence-corrected chi connectivity index (χ1v) is 3.41. The van der Waals surface area contributed by atoms with Crippen molar-refractivity contribution in [2.45, 2.75) is 5.75 Å². The molecule has 2 nitrogen and oxygen atoms in total. The molecule has 0 aliphatic heterocycles. The molecule has 0 fully saturated rings. The minimum atomic E-state index is 0.467. The van der Waals surface area contributed by atoms with E-state index in [1.807, 2.05) is 0 Å². The van der Waals surface area contributed by atoms with Gasteiger partial charge in [0.15, 0.2) is 0 Å². The van der Waals surface area contributed by atoms with E-state index in [1.165, 1.54) is 6.33 Å². The lowest BCUT2D eigenvalue weighted by Gasteiger charge is -1.91. The Morgan fingerprint density at radius 1 is 1.56 bits per heavy atom. The van der Waals surface area contributed by atoms with Crippen LogP contribution in [-0.2, 0) is 5.75 Å². The molecule has 0 unspecified atom stereocenters. The van der Waals surface area contributed by atoms with Crippen molar-refractivity contribution in [2.75, 3.05) is 0 Å². The monoisotopic (exact) mass is 160 g/mol. The summed E-state index contributed by atoms with van der Waals surface area (Å²) in [6.07, 6.45) is 1.42. The van der Waals surface area contributed by atoms with Gasteiger partial charge in [-0.15, -0.1) is 0 Å². The molecule has 0 N–H and O–H groups in total. The molecule has 0 saturated heterocycles. The number of hydrogen-bond acceptors (Lipinski definition) is 3. The first kappa shape index (κ1) is 6.83. The molecule has 1 aromatic rings. The van der Waals surface area contributed by atoms with Crippen molar-refractivity contribution >= 4 is 24.2 Å². The van der Waals surface area contributed by atoms with Crippen molar-refractivity contribution < 1.29 is 0 Å². The third-order valence-electron chi connectivity index (χ3n) is 0.852. The minimum Gasteiger partial charge on any atom is -0.240 e. The average molecular weight is 161 g/mol. The zero-order valence-corrected chi connectivity index (χ0v) is 6.23. The Kier molecular flexibility index (Phi) is 2.30. The summed E-state index contributed by atoms with van der Waals surface area (Å²) < 4.78 is 0. The third kappa shape index (κ3) is 1.84. The fourth-order valence-electron chi connectivity index (χ4n) is 0.457. The number of halogens is 1. The first-order valence-electron chi connectivity index (χ1n) is 2.40. The van der Waals surface area contributed by atoms with Crippen molar-refractivity contribution in [3.63, 3.8) is 0 Å². The van der Waals surface area contributed by atoms with Crippen LogP contribution in [0.15, 0.2) is 12.4 Å². The fraction of sp³-hybridized carbons (Fsp3) is 0.200. The fourth-order valence-corrected chi connectivity index (χ4v) is 0.799. The maximum absolute atomic E-state index is 5.54. The summed E-state index contributed by atoms with van der Waals surface area (Å²) in [6.45, 7) is 0. The van der Waals surface area contributed by atoms with Crippen LogP contribution in [0.4, 0.5) is 0 Å². The Hall–Kier alpha value is -0.280. The van der Waals surface area contributed by atoms with Crippen molar-refractivity contribution in [1.29, 1.82) is 0 Å². The predicted octanol–water partition coefficient (Wildman–Crippen LogP) is 1.56. The maximum Gasteiger partial charge on any atom is 0.132 e. The summed E-state index contributed by atoms with van der Waals surface area (Å²) in [5, 5.41) is 0.467. The van der Waals surface area contributed by atoms with Crippen LogP contribution in [-0.4, -0.2) is 9.97 Å². The van der Waals surface area contributed by atoms with Gasteiger partial charge in [0.2, 0.25) is 0 Å². The smallest absolute Gasteiger partial charge is 0.132 e. The van der Waals surface area contributed by atoms with Gasteiger partial charge >= 0.3 is 0 Å². The molecule has 0 aliphatic carbocycles. The third-order valence-corrected chi connectivity index (χ3v) is 1.38. The summed E-state index contributed by atoms with van der Waals surface area (Å²) in [7, 11) is 0. The average Bonchev–Trinajstić information content (AvgIpc) is 1.88. The highest BCUT2D eigenvalue weighted by atomic mass is 35.5. The minimum absolute atomic E-state index is 0.467. The van der Waals surface area contributed by atoms with E-state index in [9.17, 15) is 0 Å². The van der Waals surface area contributed by atoms with Gasteiger partial charge in [0.25, 0.3) is 0 Å². The van der Waals surface area contributed by atoms with Crippen molar-refractivity contribution in [1.82, 2.24) is 9.97 Å². The Morgan fingerprint density at radius 2 is 2.33 bits per heavy atom. The molecule has 4 heteroatoms. The maximum atomic E-state index is 5.54. The molecular formula is C5H5ClN2S. The molecular weight excluding hydrogens is 156 g/mol. The van der Waals surface area contributed by atoms with Crippen LogP contribution in [0.1, 0.15) is 5.69 Å². The number of nitrogens with zero attached hydrogens (tertiary/aromatic N) is 2. The lowest BCUT2D eigenvalue weighted by Crippen LogP contribution is -1.85. The lowest BCUT2D eigenvalue weighted by molar-refractivity contribution is 1.09. The Labute approximate surface area is 63.7 Å². The molecule has 1 rings (SSSR count). The molecule has 0 radical (unpaired) electrons. The molecule has 0 amide bonds. The Balaban J connectivity index is 2.94. The van der Waals surface area contributed by atoms with Gasteiger partial charge in [-0.1, -0.05) is 11.6 Å². The Morgan fingerprint density at radius 3 is 2.78 bits per heavy atom. The standard InChI is InChI=1S/C5H5ClN2S/c6-5-1-4(2-9)7-3-8-5/h1,3,9H,2H2. The quantitative estimate of drug-likeness (QED) is 0.499. The van der Waals surface area contributed by atoms with Crippen LogP contribution >= 0.6 is 24.2 Å². The van der Waals surface area contributed by atoms with E-state index in [0.717, 1.165) is 5.69 Å². The normalized spacial score (nSPS) is 9.56. The van der Waals surface area contributed by atoms with E-state index >= 15 is 0 Å². The van der Waals surface area contributed by atoms with Crippen molar-refractivity contribution in [3.05, 3.63) is 23.2 Å². The SMILES string of the molecule is SCc1cc(Cl)ncn1. The van der Waals surface area contributed by atoms with Gasteiger partial charge in [-0.2, -0.15) is 12.6 Å². The topological polar surface area (TPSA) is 25.8 Å². The molecule has 1 aromatic heterocycles. The van der Waals surface area contributed by atoms with Crippen LogP contribution in [0, 0.1) is 0 Å². The van der Waals surface area contributed by atoms with Crippen molar-refractivity contribution in [2.24, 2.45) is 0 Å². The highest BCUT2D eigenvalue weighted by Crippen LogP contribution is 2.05. The van der Waals surface area contributed by atoms with Crippen LogP contribution in [0.25, 0.3) is 0 Å². The van der Waals surface area contributed by atoms with Gasteiger partial charge in [0.05, 0.1) is 5.69 Å². The summed E-state index contributed by atoms with van der Waals surface area (Å²) >= 11 is 9.55. The largest absolute Gasteiger partial charge is 0.240 e. The zero-order valence-electron chi connectivity index (χ0n) is 4.58. The molecule has 9 heavy (non-hydrogen) atoms. The molecule has 0 aliphatic rings. The van der Waals surface area contributed by atoms with Gasteiger partial charge < -0.3 is 0 Å². The van der Waals surface area contributed by atoms with E-state index in [4.69, 9.17) is 11.6 Å². The molecule has 0 atom stereocenters. The summed E-state index contributed by atoms with van der Waals surface area (Å²) in [6, 6.07) is 1.69. The number of thiol groups is 1. The van der Waals surface area contributed by atoms with E-state index < -0.39 is 0 Å². The summed E-state index contributed by atoms with van der Waals surface area (Å²) in [5.74, 6) is 0.599. The molecule has 0 spiro atoms. The van der Waals surface area contributed by atoms with Crippen LogP contribution < -0.4 is 0 Å². The van der Waals surface area contributed by atoms with Gasteiger partial charge in [-0.3, -0.25) is 0 Å². The van der Waals surface area contributed by atoms with E-state index in [1.54, 1.807) is 6.07 Å². The summed E-state index contributed by atoms with van der Waals surface area (Å²) in [5.41, 5.74) is 0.846. The van der Waals surface area contributed by atoms with Gasteiger partial charge in [-0.05, 0) is 6.07 Å². The Bertz CT molecular complexity index is 204. The number of hydrogen-bond donors (Lipinski definition) is 1. The van der Waals surface area contributed by atoms with Gasteiger partial charge in [0, 0.05) is 5.75 Å². The lowest BCUT2D eigenvalue weighted by atomic mass is 10.5. The van der Waals surface area contributed by atoms with Crippen LogP contribution in [0.3, 0.4) is 0 Å². The number of rotatable bonds is 1. The van der Waals surface area contributed by atoms with Gasteiger partial charge in [-0.25, -0.2) is 9.97 Å². The molecule has 48 valence electrons. The second kappa shape index (κ2) is 3.03. The van der Waals surface area contributed by atoms with Crippen LogP contribution in [0.5, 0.6) is 0 Å². The molecule has 0 aromatic carbocycles. The van der Waals surface area contributed by atoms with Crippen LogP contribution in [0.2, 0.25) is 5.15 Å². The molecule has 0 saturated carbocycles. The number of aromatic nitrogens is 2. The highest BCUT2D eigenvalue weighted by Gasteiger charge is 1.90. The van der Waals surface area contributed by atoms with Crippen molar-refractivity contribution in [3.8, 4) is 0 Å². The second-order valence-electron chi connectivity index (χ2n) is 1.49. The van der Waals surface area contributed by atoms with Gasteiger partial charge in [0.1, 0.15) is 11.5 Å². The van der Waals surface area contributed by atoms with E-state index in [-0.39, 0.29) is 0 Å². The van der Waals surface area contributed by atoms with E-state index in [2.05, 4.69) is 22.6 Å². The first-order chi connectivity index (χ1) is 4.33. The zero-order chi connectivity index (χ0) is 6.69. The highest BCUT2D eigenvalue weighted by molar-refractivity contribution is 7.79. The summed E-state index contributed by atoms with van der Waals surface area (Å²) in [4.78, 5) is 7.59. The molecule has 0 bridgehead atoms. The second-order valence-corrected chi connectivity index (χ2v) is 2.19. The molecule has 1 heterocycles.